The van der Waals surface area contributed by atoms with Crippen LogP contribution in [0.4, 0.5) is 5.69 Å². The number of anilines is 1. The van der Waals surface area contributed by atoms with Crippen molar-refractivity contribution >= 4 is 29.3 Å². The summed E-state index contributed by atoms with van der Waals surface area (Å²) in [6.07, 6.45) is 1.14. The molecule has 3 aromatic carbocycles. The molecule has 0 aromatic heterocycles. The number of thioether (sulfide) groups is 1. The standard InChI is InChI=1S/C24H24N2O2S/c27-23(16-18-29-20-11-5-2-6-12-20)26-22-14-8-7-13-21(22)24(28)25-17-15-19-9-3-1-4-10-19/h1-14H,15-18H2,(H,25,28)(H,26,27). The molecule has 2 N–H and O–H groups in total. The lowest BCUT2D eigenvalue weighted by Gasteiger charge is -2.11. The molecular weight excluding hydrogens is 380 g/mol. The Hall–Kier alpha value is -3.05. The Morgan fingerprint density at radius 3 is 2.21 bits per heavy atom. The lowest BCUT2D eigenvalue weighted by molar-refractivity contribution is -0.115. The minimum absolute atomic E-state index is 0.0991. The fraction of sp³-hybridized carbons (Fsp3) is 0.167. The first-order valence-electron chi connectivity index (χ1n) is 9.61. The first-order chi connectivity index (χ1) is 14.2. The fourth-order valence-corrected chi connectivity index (χ4v) is 3.71. The van der Waals surface area contributed by atoms with Gasteiger partial charge in [-0.05, 0) is 36.2 Å². The molecule has 0 aliphatic heterocycles. The largest absolute Gasteiger partial charge is 0.352 e. The second kappa shape index (κ2) is 11.1. The zero-order valence-electron chi connectivity index (χ0n) is 16.1. The van der Waals surface area contributed by atoms with E-state index in [2.05, 4.69) is 10.6 Å². The highest BCUT2D eigenvalue weighted by Gasteiger charge is 2.12. The molecule has 0 unspecified atom stereocenters. The zero-order valence-corrected chi connectivity index (χ0v) is 17.0. The Balaban J connectivity index is 1.49. The third-order valence-corrected chi connectivity index (χ3v) is 5.34. The van der Waals surface area contributed by atoms with Gasteiger partial charge in [0.1, 0.15) is 0 Å². The van der Waals surface area contributed by atoms with Gasteiger partial charge in [-0.25, -0.2) is 0 Å². The molecule has 0 saturated heterocycles. The Morgan fingerprint density at radius 1 is 0.793 bits per heavy atom. The number of benzene rings is 3. The summed E-state index contributed by atoms with van der Waals surface area (Å²) in [5.74, 6) is 0.398. The highest BCUT2D eigenvalue weighted by Crippen LogP contribution is 2.19. The van der Waals surface area contributed by atoms with Crippen molar-refractivity contribution in [3.8, 4) is 0 Å². The maximum atomic E-state index is 12.6. The average Bonchev–Trinajstić information content (AvgIpc) is 2.75. The van der Waals surface area contributed by atoms with Gasteiger partial charge in [0.05, 0.1) is 11.3 Å². The molecule has 0 spiro atoms. The predicted molar refractivity (Wildman–Crippen MR) is 119 cm³/mol. The summed E-state index contributed by atoms with van der Waals surface area (Å²) in [4.78, 5) is 26.0. The molecule has 3 rings (SSSR count). The maximum Gasteiger partial charge on any atom is 0.253 e. The monoisotopic (exact) mass is 404 g/mol. The Bertz CT molecular complexity index is 930. The molecule has 4 nitrogen and oxygen atoms in total. The lowest BCUT2D eigenvalue weighted by atomic mass is 10.1. The van der Waals surface area contributed by atoms with Crippen molar-refractivity contribution in [2.24, 2.45) is 0 Å². The second-order valence-electron chi connectivity index (χ2n) is 6.50. The number of amides is 2. The lowest BCUT2D eigenvalue weighted by Crippen LogP contribution is -2.27. The summed E-state index contributed by atoms with van der Waals surface area (Å²) in [7, 11) is 0. The number of rotatable bonds is 9. The molecule has 0 aliphatic carbocycles. The molecule has 0 fully saturated rings. The van der Waals surface area contributed by atoms with Crippen LogP contribution in [0.3, 0.4) is 0 Å². The summed E-state index contributed by atoms with van der Waals surface area (Å²) < 4.78 is 0. The first-order valence-corrected chi connectivity index (χ1v) is 10.6. The highest BCUT2D eigenvalue weighted by molar-refractivity contribution is 7.99. The average molecular weight is 405 g/mol. The van der Waals surface area contributed by atoms with Crippen LogP contribution >= 0.6 is 11.8 Å². The SMILES string of the molecule is O=C(CCSc1ccccc1)Nc1ccccc1C(=O)NCCc1ccccc1. The first kappa shape index (κ1) is 20.7. The van der Waals surface area contributed by atoms with Crippen molar-refractivity contribution in [3.05, 3.63) is 96.1 Å². The third-order valence-electron chi connectivity index (χ3n) is 4.33. The number of hydrogen-bond acceptors (Lipinski definition) is 3. The zero-order chi connectivity index (χ0) is 20.3. The molecular formula is C24H24N2O2S. The molecule has 29 heavy (non-hydrogen) atoms. The molecule has 2 amide bonds. The van der Waals surface area contributed by atoms with Crippen LogP contribution < -0.4 is 10.6 Å². The summed E-state index contributed by atoms with van der Waals surface area (Å²) in [6, 6.07) is 27.1. The minimum atomic E-state index is -0.185. The van der Waals surface area contributed by atoms with Gasteiger partial charge in [-0.1, -0.05) is 60.7 Å². The normalized spacial score (nSPS) is 10.3. The van der Waals surface area contributed by atoms with E-state index in [0.717, 1.165) is 11.3 Å². The number of hydrogen-bond donors (Lipinski definition) is 2. The van der Waals surface area contributed by atoms with Crippen LogP contribution in [0.2, 0.25) is 0 Å². The van der Waals surface area contributed by atoms with Crippen LogP contribution in [0.25, 0.3) is 0 Å². The van der Waals surface area contributed by atoms with Gasteiger partial charge < -0.3 is 10.6 Å². The van der Waals surface area contributed by atoms with Gasteiger partial charge >= 0.3 is 0 Å². The van der Waals surface area contributed by atoms with Crippen molar-refractivity contribution in [1.29, 1.82) is 0 Å². The van der Waals surface area contributed by atoms with Crippen LogP contribution in [-0.4, -0.2) is 24.1 Å². The van der Waals surface area contributed by atoms with Crippen molar-refractivity contribution in [3.63, 3.8) is 0 Å². The number of carbonyl (C=O) groups excluding carboxylic acids is 2. The minimum Gasteiger partial charge on any atom is -0.352 e. The topological polar surface area (TPSA) is 58.2 Å². The summed E-state index contributed by atoms with van der Waals surface area (Å²) in [5.41, 5.74) is 2.19. The molecule has 0 heterocycles. The van der Waals surface area contributed by atoms with E-state index in [1.54, 1.807) is 30.0 Å². The number of para-hydroxylation sites is 1. The Morgan fingerprint density at radius 2 is 1.45 bits per heavy atom. The molecule has 0 radical (unpaired) electrons. The van der Waals surface area contributed by atoms with Crippen LogP contribution in [0.5, 0.6) is 0 Å². The van der Waals surface area contributed by atoms with E-state index in [9.17, 15) is 9.59 Å². The summed E-state index contributed by atoms with van der Waals surface area (Å²) in [5, 5.41) is 5.80. The van der Waals surface area contributed by atoms with E-state index in [1.807, 2.05) is 66.7 Å². The Kier molecular flexibility index (Phi) is 7.90. The van der Waals surface area contributed by atoms with Crippen molar-refractivity contribution < 1.29 is 9.59 Å². The highest BCUT2D eigenvalue weighted by atomic mass is 32.2. The van der Waals surface area contributed by atoms with Crippen LogP contribution in [-0.2, 0) is 11.2 Å². The molecule has 0 atom stereocenters. The molecule has 5 heteroatoms. The van der Waals surface area contributed by atoms with Crippen molar-refractivity contribution in [1.82, 2.24) is 5.32 Å². The number of nitrogens with one attached hydrogen (secondary N) is 2. The van der Waals surface area contributed by atoms with Crippen LogP contribution in [0.15, 0.2) is 89.8 Å². The van der Waals surface area contributed by atoms with E-state index in [0.29, 0.717) is 30.0 Å². The van der Waals surface area contributed by atoms with Crippen LogP contribution in [0.1, 0.15) is 22.3 Å². The molecule has 3 aromatic rings. The van der Waals surface area contributed by atoms with Crippen molar-refractivity contribution in [2.75, 3.05) is 17.6 Å². The van der Waals surface area contributed by atoms with E-state index in [-0.39, 0.29) is 11.8 Å². The van der Waals surface area contributed by atoms with E-state index in [4.69, 9.17) is 0 Å². The third kappa shape index (κ3) is 6.80. The Labute approximate surface area is 175 Å². The number of carbonyl (C=O) groups is 2. The van der Waals surface area contributed by atoms with Gasteiger partial charge in [-0.2, -0.15) is 0 Å². The van der Waals surface area contributed by atoms with Gasteiger partial charge in [0.2, 0.25) is 5.91 Å². The second-order valence-corrected chi connectivity index (χ2v) is 7.67. The van der Waals surface area contributed by atoms with Gasteiger partial charge in [0, 0.05) is 23.6 Å². The van der Waals surface area contributed by atoms with Crippen molar-refractivity contribution in [2.45, 2.75) is 17.7 Å². The quantitative estimate of drug-likeness (QED) is 0.505. The smallest absolute Gasteiger partial charge is 0.253 e. The van der Waals surface area contributed by atoms with E-state index in [1.165, 1.54) is 5.56 Å². The van der Waals surface area contributed by atoms with Gasteiger partial charge in [-0.3, -0.25) is 9.59 Å². The van der Waals surface area contributed by atoms with E-state index < -0.39 is 0 Å². The van der Waals surface area contributed by atoms with Crippen LogP contribution in [0, 0.1) is 0 Å². The summed E-state index contributed by atoms with van der Waals surface area (Å²) in [6.45, 7) is 0.541. The summed E-state index contributed by atoms with van der Waals surface area (Å²) >= 11 is 1.64. The predicted octanol–water partition coefficient (Wildman–Crippen LogP) is 4.78. The molecule has 148 valence electrons. The maximum absolute atomic E-state index is 12.6. The van der Waals surface area contributed by atoms with Gasteiger partial charge in [0.15, 0.2) is 0 Å². The van der Waals surface area contributed by atoms with E-state index >= 15 is 0 Å². The molecule has 0 bridgehead atoms. The molecule has 0 saturated carbocycles. The fourth-order valence-electron chi connectivity index (χ4n) is 2.84. The van der Waals surface area contributed by atoms with Gasteiger partial charge in [-0.15, -0.1) is 11.8 Å². The molecule has 0 aliphatic rings. The van der Waals surface area contributed by atoms with Gasteiger partial charge in [0.25, 0.3) is 5.91 Å².